The molecule has 0 amide bonds. The maximum absolute atomic E-state index is 9.08. The number of aryl methyl sites for hydroxylation is 1. The molecule has 0 aromatic heterocycles. The van der Waals surface area contributed by atoms with E-state index in [0.717, 1.165) is 17.5 Å². The Hall–Kier alpha value is -2.11. The largest absolute Gasteiger partial charge is 0.306 e. The van der Waals surface area contributed by atoms with Gasteiger partial charge < -0.3 is 5.32 Å². The molecule has 0 aliphatic heterocycles. The lowest BCUT2D eigenvalue weighted by atomic mass is 10.0. The maximum atomic E-state index is 9.08. The van der Waals surface area contributed by atoms with Gasteiger partial charge in [-0.1, -0.05) is 49.4 Å². The molecule has 2 nitrogen and oxygen atoms in total. The Morgan fingerprint density at radius 2 is 1.80 bits per heavy atom. The van der Waals surface area contributed by atoms with Crippen LogP contribution < -0.4 is 5.32 Å². The fraction of sp³-hybridized carbons (Fsp3) is 0.278. The predicted octanol–water partition coefficient (Wildman–Crippen LogP) is 3.97. The number of nitrogens with one attached hydrogen (secondary N) is 1. The monoisotopic (exact) mass is 264 g/mol. The van der Waals surface area contributed by atoms with E-state index in [0.29, 0.717) is 6.54 Å². The smallest absolute Gasteiger partial charge is 0.0995 e. The fourth-order valence-electron chi connectivity index (χ4n) is 2.21. The summed E-state index contributed by atoms with van der Waals surface area (Å²) in [5.74, 6) is 0. The molecule has 2 heteroatoms. The zero-order valence-corrected chi connectivity index (χ0v) is 12.1. The van der Waals surface area contributed by atoms with Gasteiger partial charge in [0.2, 0.25) is 0 Å². The van der Waals surface area contributed by atoms with Gasteiger partial charge in [-0.05, 0) is 36.1 Å². The molecule has 2 aromatic carbocycles. The summed E-state index contributed by atoms with van der Waals surface area (Å²) in [4.78, 5) is 0. The third kappa shape index (κ3) is 3.46. The average molecular weight is 264 g/mol. The van der Waals surface area contributed by atoms with E-state index in [4.69, 9.17) is 5.26 Å². The molecule has 102 valence electrons. The first kappa shape index (κ1) is 14.3. The number of rotatable bonds is 5. The molecule has 1 unspecified atom stereocenters. The number of benzene rings is 2. The summed E-state index contributed by atoms with van der Waals surface area (Å²) >= 11 is 0. The molecule has 20 heavy (non-hydrogen) atoms. The molecular formula is C18H20N2. The van der Waals surface area contributed by atoms with Gasteiger partial charge in [0.1, 0.15) is 0 Å². The lowest BCUT2D eigenvalue weighted by molar-refractivity contribution is 0.574. The van der Waals surface area contributed by atoms with Crippen molar-refractivity contribution >= 4 is 0 Å². The highest BCUT2D eigenvalue weighted by Gasteiger charge is 2.06. The second-order valence-electron chi connectivity index (χ2n) is 4.97. The van der Waals surface area contributed by atoms with Gasteiger partial charge in [-0.2, -0.15) is 5.26 Å². The molecule has 0 aliphatic rings. The first-order valence-corrected chi connectivity index (χ1v) is 7.04. The average Bonchev–Trinajstić information content (AvgIpc) is 2.53. The standard InChI is InChI=1S/C18H20N2/c1-3-15-8-10-16(11-9-15)14(2)20-13-18-7-5-4-6-17(18)12-19/h4-11,14,20H,3,13H2,1-2H3. The van der Waals surface area contributed by atoms with Gasteiger partial charge >= 0.3 is 0 Å². The van der Waals surface area contributed by atoms with E-state index in [1.54, 1.807) is 0 Å². The van der Waals surface area contributed by atoms with Crippen LogP contribution in [0.3, 0.4) is 0 Å². The van der Waals surface area contributed by atoms with E-state index in [1.807, 2.05) is 24.3 Å². The molecule has 0 aliphatic carbocycles. The van der Waals surface area contributed by atoms with Crippen LogP contribution >= 0.6 is 0 Å². The van der Waals surface area contributed by atoms with Gasteiger partial charge in [0.25, 0.3) is 0 Å². The zero-order valence-electron chi connectivity index (χ0n) is 12.1. The van der Waals surface area contributed by atoms with Crippen LogP contribution in [0.15, 0.2) is 48.5 Å². The second-order valence-corrected chi connectivity index (χ2v) is 4.97. The molecule has 2 rings (SSSR count). The summed E-state index contributed by atoms with van der Waals surface area (Å²) in [6.45, 7) is 5.02. The van der Waals surface area contributed by atoms with Crippen LogP contribution in [0.25, 0.3) is 0 Å². The Balaban J connectivity index is 2.01. The lowest BCUT2D eigenvalue weighted by Crippen LogP contribution is -2.18. The Kier molecular flexibility index (Phi) is 4.92. The molecule has 0 heterocycles. The minimum absolute atomic E-state index is 0.271. The normalized spacial score (nSPS) is 11.8. The topological polar surface area (TPSA) is 35.8 Å². The molecule has 0 spiro atoms. The molecule has 0 saturated carbocycles. The van der Waals surface area contributed by atoms with Crippen LogP contribution in [0.1, 0.15) is 42.1 Å². The summed E-state index contributed by atoms with van der Waals surface area (Å²) < 4.78 is 0. The summed E-state index contributed by atoms with van der Waals surface area (Å²) in [6.07, 6.45) is 1.07. The number of nitrogens with zero attached hydrogens (tertiary/aromatic N) is 1. The van der Waals surface area contributed by atoms with Crippen LogP contribution in [-0.4, -0.2) is 0 Å². The van der Waals surface area contributed by atoms with Crippen molar-refractivity contribution in [3.8, 4) is 6.07 Å². The maximum Gasteiger partial charge on any atom is 0.0995 e. The summed E-state index contributed by atoms with van der Waals surface area (Å²) in [6, 6.07) is 18.9. The van der Waals surface area contributed by atoms with Gasteiger partial charge in [-0.3, -0.25) is 0 Å². The summed E-state index contributed by atoms with van der Waals surface area (Å²) in [5, 5.41) is 12.6. The van der Waals surface area contributed by atoms with Crippen molar-refractivity contribution in [2.45, 2.75) is 32.9 Å². The van der Waals surface area contributed by atoms with Gasteiger partial charge in [-0.25, -0.2) is 0 Å². The molecule has 0 radical (unpaired) electrons. The molecule has 1 N–H and O–H groups in total. The predicted molar refractivity (Wildman–Crippen MR) is 82.2 cm³/mol. The van der Waals surface area contributed by atoms with Crippen molar-refractivity contribution < 1.29 is 0 Å². The van der Waals surface area contributed by atoms with E-state index in [9.17, 15) is 0 Å². The minimum Gasteiger partial charge on any atom is -0.306 e. The van der Waals surface area contributed by atoms with Crippen molar-refractivity contribution in [1.29, 1.82) is 5.26 Å². The van der Waals surface area contributed by atoms with Crippen LogP contribution in [0, 0.1) is 11.3 Å². The molecular weight excluding hydrogens is 244 g/mol. The first-order chi connectivity index (χ1) is 9.74. The van der Waals surface area contributed by atoms with Crippen LogP contribution in [0.5, 0.6) is 0 Å². The van der Waals surface area contributed by atoms with Gasteiger partial charge in [-0.15, -0.1) is 0 Å². The highest BCUT2D eigenvalue weighted by atomic mass is 14.9. The van der Waals surface area contributed by atoms with E-state index in [2.05, 4.69) is 49.5 Å². The fourth-order valence-corrected chi connectivity index (χ4v) is 2.21. The Morgan fingerprint density at radius 1 is 1.10 bits per heavy atom. The van der Waals surface area contributed by atoms with Gasteiger partial charge in [0, 0.05) is 12.6 Å². The van der Waals surface area contributed by atoms with Crippen molar-refractivity contribution in [2.24, 2.45) is 0 Å². The summed E-state index contributed by atoms with van der Waals surface area (Å²) in [5.41, 5.74) is 4.42. The number of nitriles is 1. The van der Waals surface area contributed by atoms with Crippen LogP contribution in [0.2, 0.25) is 0 Å². The van der Waals surface area contributed by atoms with Gasteiger partial charge in [0.05, 0.1) is 11.6 Å². The molecule has 2 aromatic rings. The molecule has 0 saturated heterocycles. The zero-order chi connectivity index (χ0) is 14.4. The molecule has 0 bridgehead atoms. The van der Waals surface area contributed by atoms with E-state index < -0.39 is 0 Å². The molecule has 1 atom stereocenters. The Morgan fingerprint density at radius 3 is 2.45 bits per heavy atom. The van der Waals surface area contributed by atoms with Crippen molar-refractivity contribution in [1.82, 2.24) is 5.32 Å². The lowest BCUT2D eigenvalue weighted by Gasteiger charge is -2.15. The van der Waals surface area contributed by atoms with E-state index >= 15 is 0 Å². The SMILES string of the molecule is CCc1ccc(C(C)NCc2ccccc2C#N)cc1. The third-order valence-electron chi connectivity index (χ3n) is 3.62. The van der Waals surface area contributed by atoms with Crippen molar-refractivity contribution in [3.63, 3.8) is 0 Å². The quantitative estimate of drug-likeness (QED) is 0.887. The number of hydrogen-bond acceptors (Lipinski definition) is 2. The minimum atomic E-state index is 0.271. The summed E-state index contributed by atoms with van der Waals surface area (Å²) in [7, 11) is 0. The van der Waals surface area contributed by atoms with Gasteiger partial charge in [0.15, 0.2) is 0 Å². The highest BCUT2D eigenvalue weighted by molar-refractivity contribution is 5.37. The van der Waals surface area contributed by atoms with E-state index in [-0.39, 0.29) is 6.04 Å². The molecule has 0 fully saturated rings. The Bertz CT molecular complexity index is 594. The van der Waals surface area contributed by atoms with E-state index in [1.165, 1.54) is 11.1 Å². The van der Waals surface area contributed by atoms with Crippen LogP contribution in [-0.2, 0) is 13.0 Å². The van der Waals surface area contributed by atoms with Crippen molar-refractivity contribution in [3.05, 3.63) is 70.8 Å². The second kappa shape index (κ2) is 6.88. The number of hydrogen-bond donors (Lipinski definition) is 1. The van der Waals surface area contributed by atoms with Crippen LogP contribution in [0.4, 0.5) is 0 Å². The first-order valence-electron chi connectivity index (χ1n) is 7.04. The van der Waals surface area contributed by atoms with Crippen molar-refractivity contribution in [2.75, 3.05) is 0 Å². The third-order valence-corrected chi connectivity index (χ3v) is 3.62. The highest BCUT2D eigenvalue weighted by Crippen LogP contribution is 2.15. The Labute approximate surface area is 121 Å².